The Morgan fingerprint density at radius 3 is 1.82 bits per heavy atom. The highest BCUT2D eigenvalue weighted by Crippen LogP contribution is 2.01. The minimum absolute atomic E-state index is 0.278. The van der Waals surface area contributed by atoms with Crippen molar-refractivity contribution in [3.05, 3.63) is 0 Å². The van der Waals surface area contributed by atoms with Gasteiger partial charge in [0.05, 0.1) is 6.42 Å². The van der Waals surface area contributed by atoms with Crippen molar-refractivity contribution in [2.75, 3.05) is 0 Å². The van der Waals surface area contributed by atoms with Crippen LogP contribution < -0.4 is 10.9 Å². The number of hydrogen-bond donors (Lipinski definition) is 5. The lowest BCUT2D eigenvalue weighted by Crippen LogP contribution is -2.54. The van der Waals surface area contributed by atoms with E-state index in [0.29, 0.717) is 0 Å². The van der Waals surface area contributed by atoms with Gasteiger partial charge in [-0.05, 0) is 5.92 Å². The summed E-state index contributed by atoms with van der Waals surface area (Å²) >= 11 is 0. The van der Waals surface area contributed by atoms with E-state index in [2.05, 4.69) is 10.9 Å². The lowest BCUT2D eigenvalue weighted by Gasteiger charge is -2.21. The van der Waals surface area contributed by atoms with E-state index in [4.69, 9.17) is 15.3 Å². The first-order valence-electron chi connectivity index (χ1n) is 4.94. The first kappa shape index (κ1) is 15.3. The Morgan fingerprint density at radius 2 is 1.53 bits per heavy atom. The van der Waals surface area contributed by atoms with Crippen molar-refractivity contribution >= 4 is 17.9 Å². The van der Waals surface area contributed by atoms with Gasteiger partial charge in [0.1, 0.15) is 12.1 Å². The molecule has 8 nitrogen and oxygen atoms in total. The van der Waals surface area contributed by atoms with Gasteiger partial charge in [-0.2, -0.15) is 0 Å². The summed E-state index contributed by atoms with van der Waals surface area (Å²) in [5, 5.41) is 26.0. The van der Waals surface area contributed by atoms with E-state index in [1.165, 1.54) is 0 Å². The molecule has 0 aliphatic rings. The maximum Gasteiger partial charge on any atom is 0.322 e. The van der Waals surface area contributed by atoms with Gasteiger partial charge < -0.3 is 15.3 Å². The Hall–Kier alpha value is -1.67. The predicted molar refractivity (Wildman–Crippen MR) is 56.2 cm³/mol. The molecule has 2 atom stereocenters. The van der Waals surface area contributed by atoms with Crippen molar-refractivity contribution in [3.8, 4) is 0 Å². The number of hydrazine groups is 1. The van der Waals surface area contributed by atoms with E-state index in [1.807, 2.05) is 0 Å². The van der Waals surface area contributed by atoms with Gasteiger partial charge in [0.15, 0.2) is 0 Å². The molecule has 0 saturated carbocycles. The highest BCUT2D eigenvalue weighted by Gasteiger charge is 2.25. The zero-order chi connectivity index (χ0) is 13.6. The molecule has 8 heteroatoms. The minimum Gasteiger partial charge on any atom is -0.481 e. The van der Waals surface area contributed by atoms with E-state index in [1.54, 1.807) is 13.8 Å². The lowest BCUT2D eigenvalue weighted by atomic mass is 10.1. The molecule has 0 aliphatic heterocycles. The van der Waals surface area contributed by atoms with Crippen LogP contribution in [0.1, 0.15) is 20.3 Å². The number of hydrogen-bond acceptors (Lipinski definition) is 5. The van der Waals surface area contributed by atoms with E-state index in [9.17, 15) is 14.4 Å². The van der Waals surface area contributed by atoms with Crippen LogP contribution >= 0.6 is 0 Å². The van der Waals surface area contributed by atoms with Gasteiger partial charge in [0.25, 0.3) is 0 Å². The van der Waals surface area contributed by atoms with E-state index in [0.717, 1.165) is 0 Å². The molecule has 0 unspecified atom stereocenters. The molecule has 0 aromatic carbocycles. The van der Waals surface area contributed by atoms with Crippen LogP contribution in [0.4, 0.5) is 0 Å². The van der Waals surface area contributed by atoms with Crippen LogP contribution in [0, 0.1) is 5.92 Å². The molecule has 0 radical (unpaired) electrons. The molecule has 5 N–H and O–H groups in total. The topological polar surface area (TPSA) is 136 Å². The van der Waals surface area contributed by atoms with Gasteiger partial charge >= 0.3 is 17.9 Å². The molecule has 0 saturated heterocycles. The molecule has 0 rings (SSSR count). The second kappa shape index (κ2) is 6.81. The minimum atomic E-state index is -1.38. The predicted octanol–water partition coefficient (Wildman–Crippen LogP) is -0.882. The summed E-state index contributed by atoms with van der Waals surface area (Å²) in [5.41, 5.74) is 4.51. The number of carbonyl (C=O) groups is 3. The van der Waals surface area contributed by atoms with Gasteiger partial charge in [-0.15, -0.1) is 0 Å². The number of nitrogens with one attached hydrogen (secondary N) is 2. The molecule has 0 fully saturated rings. The maximum absolute atomic E-state index is 10.8. The average molecular weight is 248 g/mol. The fourth-order valence-electron chi connectivity index (χ4n) is 1.08. The molecule has 0 aromatic rings. The largest absolute Gasteiger partial charge is 0.481 e. The summed E-state index contributed by atoms with van der Waals surface area (Å²) in [7, 11) is 0. The summed E-state index contributed by atoms with van der Waals surface area (Å²) in [6.45, 7) is 3.28. The first-order valence-corrected chi connectivity index (χ1v) is 4.94. The summed E-state index contributed by atoms with van der Waals surface area (Å²) < 4.78 is 0. The van der Waals surface area contributed by atoms with Gasteiger partial charge in [-0.25, -0.2) is 10.9 Å². The summed E-state index contributed by atoms with van der Waals surface area (Å²) in [6.07, 6.45) is -0.646. The zero-order valence-electron chi connectivity index (χ0n) is 9.51. The average Bonchev–Trinajstić information content (AvgIpc) is 2.14. The monoisotopic (exact) mass is 248 g/mol. The molecule has 0 amide bonds. The number of aliphatic carboxylic acids is 3. The smallest absolute Gasteiger partial charge is 0.322 e. The third kappa shape index (κ3) is 5.83. The highest BCUT2D eigenvalue weighted by atomic mass is 16.4. The van der Waals surface area contributed by atoms with Crippen LogP contribution in [0.2, 0.25) is 0 Å². The SMILES string of the molecule is CC(C)[C@H](NN[C@@H](CC(=O)O)C(=O)O)C(=O)O. The van der Waals surface area contributed by atoms with Crippen LogP contribution in [0.5, 0.6) is 0 Å². The fraction of sp³-hybridized carbons (Fsp3) is 0.667. The number of rotatable bonds is 8. The van der Waals surface area contributed by atoms with Crippen molar-refractivity contribution in [3.63, 3.8) is 0 Å². The first-order chi connectivity index (χ1) is 7.75. The van der Waals surface area contributed by atoms with E-state index in [-0.39, 0.29) is 5.92 Å². The van der Waals surface area contributed by atoms with Crippen molar-refractivity contribution in [1.82, 2.24) is 10.9 Å². The maximum atomic E-state index is 10.8. The fourth-order valence-corrected chi connectivity index (χ4v) is 1.08. The Balaban J connectivity index is 4.42. The number of carboxylic acid groups (broad SMARTS) is 3. The van der Waals surface area contributed by atoms with Crippen molar-refractivity contribution in [1.29, 1.82) is 0 Å². The zero-order valence-corrected chi connectivity index (χ0v) is 9.51. The van der Waals surface area contributed by atoms with Gasteiger partial charge in [-0.3, -0.25) is 14.4 Å². The lowest BCUT2D eigenvalue weighted by molar-refractivity contribution is -0.147. The third-order valence-corrected chi connectivity index (χ3v) is 2.02. The highest BCUT2D eigenvalue weighted by molar-refractivity contribution is 5.80. The molecule has 0 aromatic heterocycles. The third-order valence-electron chi connectivity index (χ3n) is 2.02. The van der Waals surface area contributed by atoms with E-state index >= 15 is 0 Å². The molecule has 98 valence electrons. The van der Waals surface area contributed by atoms with Crippen LogP contribution in [0.15, 0.2) is 0 Å². The Morgan fingerprint density at radius 1 is 1.00 bits per heavy atom. The molecule has 17 heavy (non-hydrogen) atoms. The van der Waals surface area contributed by atoms with Crippen molar-refractivity contribution < 1.29 is 29.7 Å². The van der Waals surface area contributed by atoms with Crippen molar-refractivity contribution in [2.45, 2.75) is 32.4 Å². The standard InChI is InChI=1S/C9H16N2O6/c1-4(2)7(9(16)17)11-10-5(8(14)15)3-6(12)13/h4-5,7,10-11H,3H2,1-2H3,(H,12,13)(H,14,15)(H,16,17)/t5-,7-/m0/s1. The molecule has 0 aliphatic carbocycles. The van der Waals surface area contributed by atoms with E-state index < -0.39 is 36.4 Å². The summed E-state index contributed by atoms with van der Waals surface area (Å²) in [5.74, 6) is -4.08. The number of carboxylic acids is 3. The van der Waals surface area contributed by atoms with Crippen LogP contribution in [0.25, 0.3) is 0 Å². The Bertz CT molecular complexity index is 304. The Labute approximate surface area is 97.6 Å². The second-order valence-electron chi connectivity index (χ2n) is 3.84. The molecular weight excluding hydrogens is 232 g/mol. The van der Waals surface area contributed by atoms with Gasteiger partial charge in [0, 0.05) is 0 Å². The van der Waals surface area contributed by atoms with Crippen LogP contribution in [-0.4, -0.2) is 45.3 Å². The van der Waals surface area contributed by atoms with Gasteiger partial charge in [0.2, 0.25) is 0 Å². The van der Waals surface area contributed by atoms with Crippen molar-refractivity contribution in [2.24, 2.45) is 5.92 Å². The molecule has 0 spiro atoms. The Kier molecular flexibility index (Phi) is 6.15. The molecule has 0 bridgehead atoms. The molecular formula is C9H16N2O6. The summed E-state index contributed by atoms with van der Waals surface area (Å²) in [6, 6.07) is -2.38. The quantitative estimate of drug-likeness (QED) is 0.349. The van der Waals surface area contributed by atoms with Gasteiger partial charge in [-0.1, -0.05) is 13.8 Å². The summed E-state index contributed by atoms with van der Waals surface area (Å²) in [4.78, 5) is 31.8. The second-order valence-corrected chi connectivity index (χ2v) is 3.84. The van der Waals surface area contributed by atoms with Crippen LogP contribution in [0.3, 0.4) is 0 Å². The van der Waals surface area contributed by atoms with Crippen LogP contribution in [-0.2, 0) is 14.4 Å². The normalized spacial score (nSPS) is 14.3. The molecule has 0 heterocycles.